The first-order valence-corrected chi connectivity index (χ1v) is 11.3. The van der Waals surface area contributed by atoms with Crippen molar-refractivity contribution in [2.75, 3.05) is 11.1 Å². The highest BCUT2D eigenvalue weighted by molar-refractivity contribution is 7.99. The van der Waals surface area contributed by atoms with Gasteiger partial charge in [-0.1, -0.05) is 35.5 Å². The maximum Gasteiger partial charge on any atom is 0.302 e. The van der Waals surface area contributed by atoms with Crippen molar-refractivity contribution in [2.24, 2.45) is 0 Å². The van der Waals surface area contributed by atoms with Crippen molar-refractivity contribution in [2.45, 2.75) is 5.16 Å². The third-order valence-electron chi connectivity index (χ3n) is 4.99. The van der Waals surface area contributed by atoms with E-state index in [1.165, 1.54) is 41.0 Å². The summed E-state index contributed by atoms with van der Waals surface area (Å²) in [5.74, 6) is -1.57. The Morgan fingerprint density at radius 3 is 2.62 bits per heavy atom. The fourth-order valence-electron chi connectivity index (χ4n) is 3.44. The van der Waals surface area contributed by atoms with E-state index in [0.717, 1.165) is 17.8 Å². The lowest BCUT2D eigenvalue weighted by Crippen LogP contribution is -2.22. The van der Waals surface area contributed by atoms with Crippen LogP contribution in [0.15, 0.2) is 81.1 Å². The number of halogens is 3. The van der Waals surface area contributed by atoms with E-state index in [1.54, 1.807) is 24.3 Å². The summed E-state index contributed by atoms with van der Waals surface area (Å²) in [6.45, 7) is 0. The number of carbonyl (C=O) groups excluding carboxylic acids is 1. The van der Waals surface area contributed by atoms with Gasteiger partial charge in [0.15, 0.2) is 5.16 Å². The molecular weight excluding hydrogens is 484 g/mol. The van der Waals surface area contributed by atoms with Crippen LogP contribution in [-0.4, -0.2) is 21.2 Å². The minimum absolute atomic E-state index is 0.0558. The summed E-state index contributed by atoms with van der Waals surface area (Å²) in [6, 6.07) is 16.3. The van der Waals surface area contributed by atoms with Gasteiger partial charge in [0.2, 0.25) is 11.5 Å². The van der Waals surface area contributed by atoms with Crippen LogP contribution in [-0.2, 0) is 4.79 Å². The highest BCUT2D eigenvalue weighted by atomic mass is 35.5. The Labute approximate surface area is 200 Å². The molecule has 1 amide bonds. The first-order chi connectivity index (χ1) is 16.4. The monoisotopic (exact) mass is 497 g/mol. The van der Waals surface area contributed by atoms with E-state index in [4.69, 9.17) is 16.0 Å². The number of thioether (sulfide) groups is 1. The first kappa shape index (κ1) is 22.1. The van der Waals surface area contributed by atoms with Gasteiger partial charge in [-0.25, -0.2) is 13.8 Å². The number of aromatic nitrogens is 2. The SMILES string of the molecule is O=C(CSc1nc2c(oc3ccccc32)c(=O)n1-c1ccc(F)cc1)Nc1ccc(F)c(Cl)c1. The van der Waals surface area contributed by atoms with Gasteiger partial charge in [0, 0.05) is 11.1 Å². The van der Waals surface area contributed by atoms with Crippen molar-refractivity contribution in [3.63, 3.8) is 0 Å². The Morgan fingerprint density at radius 2 is 1.85 bits per heavy atom. The van der Waals surface area contributed by atoms with Crippen LogP contribution >= 0.6 is 23.4 Å². The molecule has 0 radical (unpaired) electrons. The first-order valence-electron chi connectivity index (χ1n) is 9.98. The van der Waals surface area contributed by atoms with Gasteiger partial charge in [0.1, 0.15) is 22.7 Å². The number of hydrogen-bond donors (Lipinski definition) is 1. The van der Waals surface area contributed by atoms with E-state index in [1.807, 2.05) is 0 Å². The Morgan fingerprint density at radius 1 is 1.09 bits per heavy atom. The number of nitrogens with one attached hydrogen (secondary N) is 1. The summed E-state index contributed by atoms with van der Waals surface area (Å²) in [7, 11) is 0. The van der Waals surface area contributed by atoms with Gasteiger partial charge in [-0.2, -0.15) is 0 Å². The number of furan rings is 1. The van der Waals surface area contributed by atoms with Crippen LogP contribution in [0.4, 0.5) is 14.5 Å². The van der Waals surface area contributed by atoms with Crippen LogP contribution in [0.25, 0.3) is 27.8 Å². The van der Waals surface area contributed by atoms with Crippen LogP contribution in [0.1, 0.15) is 0 Å². The number of anilines is 1. The molecule has 1 N–H and O–H groups in total. The molecule has 34 heavy (non-hydrogen) atoms. The highest BCUT2D eigenvalue weighted by Gasteiger charge is 2.20. The minimum atomic E-state index is -0.595. The van der Waals surface area contributed by atoms with E-state index < -0.39 is 23.1 Å². The van der Waals surface area contributed by atoms with Crippen LogP contribution in [0, 0.1) is 11.6 Å². The third kappa shape index (κ3) is 4.15. The number of benzene rings is 3. The molecule has 0 spiro atoms. The molecule has 5 aromatic rings. The lowest BCUT2D eigenvalue weighted by Gasteiger charge is -2.12. The maximum atomic E-state index is 13.5. The highest BCUT2D eigenvalue weighted by Crippen LogP contribution is 2.29. The van der Waals surface area contributed by atoms with Crippen molar-refractivity contribution < 1.29 is 18.0 Å². The second-order valence-corrected chi connectivity index (χ2v) is 8.60. The van der Waals surface area contributed by atoms with Crippen molar-refractivity contribution in [1.82, 2.24) is 9.55 Å². The van der Waals surface area contributed by atoms with E-state index >= 15 is 0 Å². The van der Waals surface area contributed by atoms with E-state index in [0.29, 0.717) is 27.9 Å². The van der Waals surface area contributed by atoms with Gasteiger partial charge in [0.25, 0.3) is 0 Å². The molecule has 0 atom stereocenters. The molecule has 2 heterocycles. The second kappa shape index (κ2) is 8.92. The van der Waals surface area contributed by atoms with Gasteiger partial charge >= 0.3 is 5.56 Å². The molecule has 0 bridgehead atoms. The zero-order valence-corrected chi connectivity index (χ0v) is 18.8. The number of fused-ring (bicyclic) bond motifs is 3. The summed E-state index contributed by atoms with van der Waals surface area (Å²) in [6.07, 6.45) is 0. The fraction of sp³-hybridized carbons (Fsp3) is 0.0417. The maximum absolute atomic E-state index is 13.5. The number of amides is 1. The van der Waals surface area contributed by atoms with Gasteiger partial charge in [-0.05, 0) is 54.6 Å². The predicted molar refractivity (Wildman–Crippen MR) is 128 cm³/mol. The number of carbonyl (C=O) groups is 1. The standard InChI is InChI=1S/C24H14ClF2N3O3S/c25-17-11-14(7-10-18(17)27)28-20(31)12-34-24-29-21-16-3-1-2-4-19(16)33-22(21)23(32)30(24)15-8-5-13(26)6-9-15/h1-11H,12H2,(H,28,31). The number of rotatable bonds is 5. The molecule has 0 fully saturated rings. The van der Waals surface area contributed by atoms with Gasteiger partial charge in [-0.3, -0.25) is 14.2 Å². The lowest BCUT2D eigenvalue weighted by atomic mass is 10.2. The van der Waals surface area contributed by atoms with E-state index in [9.17, 15) is 18.4 Å². The Kier molecular flexibility index (Phi) is 5.80. The molecule has 10 heteroatoms. The van der Waals surface area contributed by atoms with Crippen LogP contribution in [0.2, 0.25) is 5.02 Å². The molecule has 6 nitrogen and oxygen atoms in total. The van der Waals surface area contributed by atoms with Gasteiger partial charge < -0.3 is 9.73 Å². The van der Waals surface area contributed by atoms with E-state index in [2.05, 4.69) is 10.3 Å². The Hall–Kier alpha value is -3.69. The van der Waals surface area contributed by atoms with Crippen molar-refractivity contribution >= 4 is 57.0 Å². The summed E-state index contributed by atoms with van der Waals surface area (Å²) in [4.78, 5) is 30.5. The average molecular weight is 498 g/mol. The molecule has 0 aliphatic carbocycles. The molecule has 170 valence electrons. The fourth-order valence-corrected chi connectivity index (χ4v) is 4.42. The van der Waals surface area contributed by atoms with Crippen molar-refractivity contribution in [3.05, 3.63) is 93.7 Å². The summed E-state index contributed by atoms with van der Waals surface area (Å²) < 4.78 is 33.9. The van der Waals surface area contributed by atoms with Gasteiger partial charge in [0.05, 0.1) is 16.5 Å². The zero-order chi connectivity index (χ0) is 23.8. The van der Waals surface area contributed by atoms with Crippen LogP contribution in [0.3, 0.4) is 0 Å². The smallest absolute Gasteiger partial charge is 0.302 e. The summed E-state index contributed by atoms with van der Waals surface area (Å²) in [5.41, 5.74) is 1.14. The molecule has 0 aliphatic heterocycles. The number of para-hydroxylation sites is 1. The molecule has 0 aliphatic rings. The van der Waals surface area contributed by atoms with E-state index in [-0.39, 0.29) is 21.5 Å². The van der Waals surface area contributed by atoms with Crippen molar-refractivity contribution in [3.8, 4) is 5.69 Å². The minimum Gasteiger partial charge on any atom is -0.448 e. The largest absolute Gasteiger partial charge is 0.448 e. The second-order valence-electron chi connectivity index (χ2n) is 7.25. The third-order valence-corrected chi connectivity index (χ3v) is 6.21. The molecule has 5 rings (SSSR count). The molecular formula is C24H14ClF2N3O3S. The van der Waals surface area contributed by atoms with Crippen LogP contribution in [0.5, 0.6) is 0 Å². The number of nitrogens with zero attached hydrogens (tertiary/aromatic N) is 2. The molecule has 0 saturated heterocycles. The van der Waals surface area contributed by atoms with Crippen LogP contribution < -0.4 is 10.9 Å². The Balaban J connectivity index is 1.54. The quantitative estimate of drug-likeness (QED) is 0.245. The normalized spacial score (nSPS) is 11.3. The number of hydrogen-bond acceptors (Lipinski definition) is 5. The molecule has 2 aromatic heterocycles. The average Bonchev–Trinajstić information content (AvgIpc) is 3.20. The molecule has 3 aromatic carbocycles. The zero-order valence-electron chi connectivity index (χ0n) is 17.2. The summed E-state index contributed by atoms with van der Waals surface area (Å²) in [5, 5.41) is 3.40. The molecule has 0 unspecified atom stereocenters. The molecule has 0 saturated carbocycles. The predicted octanol–water partition coefficient (Wildman–Crippen LogP) is 5.79. The van der Waals surface area contributed by atoms with Crippen molar-refractivity contribution in [1.29, 1.82) is 0 Å². The topological polar surface area (TPSA) is 77.1 Å². The lowest BCUT2D eigenvalue weighted by molar-refractivity contribution is -0.113. The van der Waals surface area contributed by atoms with Gasteiger partial charge in [-0.15, -0.1) is 0 Å². The Bertz CT molecular complexity index is 1620. The summed E-state index contributed by atoms with van der Waals surface area (Å²) >= 11 is 6.78.